The standard InChI is InChI=1S/C11H23NO6/c1-2-3-4-9(16)12-5-7(14)10(17)11(18)8(15)6-13/h2,7-18H,1,3-6H2/t7-,8+,9?,10+,11+/m0/s1. The molecule has 0 aromatic heterocycles. The van der Waals surface area contributed by atoms with E-state index >= 15 is 0 Å². The van der Waals surface area contributed by atoms with Crippen molar-refractivity contribution in [1.82, 2.24) is 5.32 Å². The van der Waals surface area contributed by atoms with Crippen molar-refractivity contribution in [3.63, 3.8) is 0 Å². The zero-order valence-electron chi connectivity index (χ0n) is 10.2. The van der Waals surface area contributed by atoms with Gasteiger partial charge >= 0.3 is 0 Å². The Morgan fingerprint density at radius 3 is 2.06 bits per heavy atom. The topological polar surface area (TPSA) is 133 Å². The van der Waals surface area contributed by atoms with Gasteiger partial charge in [-0.25, -0.2) is 0 Å². The van der Waals surface area contributed by atoms with Crippen LogP contribution >= 0.6 is 0 Å². The molecule has 0 heterocycles. The second kappa shape index (κ2) is 9.40. The lowest BCUT2D eigenvalue weighted by Crippen LogP contribution is -2.50. The van der Waals surface area contributed by atoms with E-state index in [-0.39, 0.29) is 6.54 Å². The summed E-state index contributed by atoms with van der Waals surface area (Å²) >= 11 is 0. The maximum absolute atomic E-state index is 9.51. The van der Waals surface area contributed by atoms with E-state index < -0.39 is 37.3 Å². The summed E-state index contributed by atoms with van der Waals surface area (Å²) in [6, 6.07) is 0. The van der Waals surface area contributed by atoms with E-state index in [4.69, 9.17) is 10.2 Å². The van der Waals surface area contributed by atoms with E-state index in [1.807, 2.05) is 0 Å². The van der Waals surface area contributed by atoms with Gasteiger partial charge in [-0.2, -0.15) is 0 Å². The summed E-state index contributed by atoms with van der Waals surface area (Å²) in [5.41, 5.74) is 0. The van der Waals surface area contributed by atoms with Crippen molar-refractivity contribution in [3.05, 3.63) is 12.7 Å². The second-order valence-electron chi connectivity index (χ2n) is 4.09. The minimum Gasteiger partial charge on any atom is -0.394 e. The molecule has 0 aliphatic carbocycles. The van der Waals surface area contributed by atoms with Gasteiger partial charge in [-0.1, -0.05) is 6.08 Å². The smallest absolute Gasteiger partial charge is 0.111 e. The summed E-state index contributed by atoms with van der Waals surface area (Å²) in [7, 11) is 0. The molecule has 0 saturated carbocycles. The summed E-state index contributed by atoms with van der Waals surface area (Å²) in [5, 5.41) is 57.9. The van der Waals surface area contributed by atoms with E-state index in [1.165, 1.54) is 0 Å². The molecule has 0 fully saturated rings. The van der Waals surface area contributed by atoms with Crippen LogP contribution in [0.2, 0.25) is 0 Å². The van der Waals surface area contributed by atoms with Crippen molar-refractivity contribution >= 4 is 0 Å². The first-order valence-corrected chi connectivity index (χ1v) is 5.79. The minimum absolute atomic E-state index is 0.158. The summed E-state index contributed by atoms with van der Waals surface area (Å²) in [4.78, 5) is 0. The van der Waals surface area contributed by atoms with Crippen LogP contribution in [0.5, 0.6) is 0 Å². The van der Waals surface area contributed by atoms with Crippen molar-refractivity contribution < 1.29 is 30.6 Å². The number of allylic oxidation sites excluding steroid dienone is 1. The fourth-order valence-electron chi connectivity index (χ4n) is 1.32. The number of rotatable bonds is 10. The molecular weight excluding hydrogens is 242 g/mol. The molecule has 18 heavy (non-hydrogen) atoms. The first-order valence-electron chi connectivity index (χ1n) is 5.79. The monoisotopic (exact) mass is 265 g/mol. The van der Waals surface area contributed by atoms with Crippen LogP contribution in [0, 0.1) is 0 Å². The van der Waals surface area contributed by atoms with Gasteiger partial charge in [0.15, 0.2) is 0 Å². The van der Waals surface area contributed by atoms with Gasteiger partial charge in [0.25, 0.3) is 0 Å². The third-order valence-electron chi connectivity index (χ3n) is 2.53. The second-order valence-corrected chi connectivity index (χ2v) is 4.09. The molecule has 0 spiro atoms. The van der Waals surface area contributed by atoms with Crippen LogP contribution in [-0.4, -0.2) is 74.4 Å². The van der Waals surface area contributed by atoms with E-state index in [1.54, 1.807) is 6.08 Å². The van der Waals surface area contributed by atoms with Crippen molar-refractivity contribution in [1.29, 1.82) is 0 Å². The molecular formula is C11H23NO6. The highest BCUT2D eigenvalue weighted by Crippen LogP contribution is 2.05. The molecule has 0 radical (unpaired) electrons. The number of nitrogens with one attached hydrogen (secondary N) is 1. The molecule has 5 atom stereocenters. The highest BCUT2D eigenvalue weighted by Gasteiger charge is 2.29. The zero-order valence-corrected chi connectivity index (χ0v) is 10.2. The summed E-state index contributed by atoms with van der Waals surface area (Å²) in [6.45, 7) is 2.62. The van der Waals surface area contributed by atoms with Crippen LogP contribution < -0.4 is 5.32 Å². The van der Waals surface area contributed by atoms with Crippen LogP contribution in [0.25, 0.3) is 0 Å². The lowest BCUT2D eigenvalue weighted by Gasteiger charge is -2.26. The van der Waals surface area contributed by atoms with Crippen LogP contribution in [0.3, 0.4) is 0 Å². The number of aliphatic hydroxyl groups is 6. The molecule has 0 rings (SSSR count). The summed E-state index contributed by atoms with van der Waals surface area (Å²) in [5.74, 6) is 0. The molecule has 108 valence electrons. The predicted molar refractivity (Wildman–Crippen MR) is 64.6 cm³/mol. The maximum atomic E-state index is 9.51. The van der Waals surface area contributed by atoms with Crippen LogP contribution in [-0.2, 0) is 0 Å². The van der Waals surface area contributed by atoms with Gasteiger partial charge in [0.1, 0.15) is 24.5 Å². The van der Waals surface area contributed by atoms with Gasteiger partial charge in [0, 0.05) is 6.54 Å². The predicted octanol–water partition coefficient (Wildman–Crippen LogP) is -2.70. The number of aliphatic hydroxyl groups excluding tert-OH is 6. The SMILES string of the molecule is C=CCCC(O)NC[C@H](O)[C@@H](O)[C@H](O)[C@H](O)CO. The first kappa shape index (κ1) is 17.5. The highest BCUT2D eigenvalue weighted by molar-refractivity contribution is 4.82. The quantitative estimate of drug-likeness (QED) is 0.169. The molecule has 0 amide bonds. The Bertz CT molecular complexity index is 228. The molecule has 0 aromatic carbocycles. The van der Waals surface area contributed by atoms with E-state index in [0.717, 1.165) is 0 Å². The van der Waals surface area contributed by atoms with Gasteiger partial charge in [0.05, 0.1) is 12.7 Å². The molecule has 1 unspecified atom stereocenters. The summed E-state index contributed by atoms with van der Waals surface area (Å²) in [6.07, 6.45) is -4.39. The normalized spacial score (nSPS) is 19.9. The van der Waals surface area contributed by atoms with E-state index in [2.05, 4.69) is 11.9 Å². The average molecular weight is 265 g/mol. The number of hydrogen-bond donors (Lipinski definition) is 7. The van der Waals surface area contributed by atoms with Crippen molar-refractivity contribution in [2.45, 2.75) is 43.5 Å². The maximum Gasteiger partial charge on any atom is 0.111 e. The van der Waals surface area contributed by atoms with Crippen molar-refractivity contribution in [2.24, 2.45) is 0 Å². The third-order valence-corrected chi connectivity index (χ3v) is 2.53. The third kappa shape index (κ3) is 6.41. The van der Waals surface area contributed by atoms with Crippen LogP contribution in [0.15, 0.2) is 12.7 Å². The fraction of sp³-hybridized carbons (Fsp3) is 0.818. The van der Waals surface area contributed by atoms with Gasteiger partial charge in [-0.05, 0) is 12.8 Å². The molecule has 0 aromatic rings. The molecule has 0 bridgehead atoms. The van der Waals surface area contributed by atoms with Gasteiger partial charge in [-0.3, -0.25) is 5.32 Å². The summed E-state index contributed by atoms with van der Waals surface area (Å²) < 4.78 is 0. The molecule has 7 N–H and O–H groups in total. The van der Waals surface area contributed by atoms with Gasteiger partial charge < -0.3 is 30.6 Å². The molecule has 7 heteroatoms. The Morgan fingerprint density at radius 1 is 1.00 bits per heavy atom. The van der Waals surface area contributed by atoms with Crippen molar-refractivity contribution in [2.75, 3.05) is 13.2 Å². The van der Waals surface area contributed by atoms with Crippen molar-refractivity contribution in [3.8, 4) is 0 Å². The Morgan fingerprint density at radius 2 is 1.56 bits per heavy atom. The van der Waals surface area contributed by atoms with Gasteiger partial charge in [0.2, 0.25) is 0 Å². The Labute approximate surface area is 106 Å². The molecule has 7 nitrogen and oxygen atoms in total. The molecule has 0 aliphatic heterocycles. The fourth-order valence-corrected chi connectivity index (χ4v) is 1.32. The lowest BCUT2D eigenvalue weighted by molar-refractivity contribution is -0.115. The Kier molecular flexibility index (Phi) is 9.12. The largest absolute Gasteiger partial charge is 0.394 e. The molecule has 0 aliphatic rings. The van der Waals surface area contributed by atoms with Gasteiger partial charge in [-0.15, -0.1) is 6.58 Å². The average Bonchev–Trinajstić information content (AvgIpc) is 2.39. The van der Waals surface area contributed by atoms with E-state index in [0.29, 0.717) is 12.8 Å². The Hall–Kier alpha value is -0.540. The first-order chi connectivity index (χ1) is 8.43. The highest BCUT2D eigenvalue weighted by atomic mass is 16.4. The number of hydrogen-bond acceptors (Lipinski definition) is 7. The van der Waals surface area contributed by atoms with Crippen LogP contribution in [0.4, 0.5) is 0 Å². The molecule has 0 saturated heterocycles. The lowest BCUT2D eigenvalue weighted by atomic mass is 10.0. The van der Waals surface area contributed by atoms with Crippen LogP contribution in [0.1, 0.15) is 12.8 Å². The Balaban J connectivity index is 4.00. The zero-order chi connectivity index (χ0) is 14.1. The van der Waals surface area contributed by atoms with E-state index in [9.17, 15) is 20.4 Å². The minimum atomic E-state index is -1.66.